The number of nitrogens with one attached hydrogen (secondary N) is 1. The van der Waals surface area contributed by atoms with E-state index in [1.807, 2.05) is 19.2 Å². The number of fused-ring (bicyclic) bond motifs is 1. The van der Waals surface area contributed by atoms with Crippen LogP contribution in [0.5, 0.6) is 0 Å². The summed E-state index contributed by atoms with van der Waals surface area (Å²) in [6.45, 7) is 5.81. The predicted octanol–water partition coefficient (Wildman–Crippen LogP) is 5.90. The Hall–Kier alpha value is -2.87. The molecular weight excluding hydrogens is 489 g/mol. The van der Waals surface area contributed by atoms with Crippen LogP contribution in [0.3, 0.4) is 0 Å². The molecule has 8 heteroatoms. The van der Waals surface area contributed by atoms with Crippen LogP contribution < -0.4 is 4.72 Å². The first kappa shape index (κ1) is 25.8. The summed E-state index contributed by atoms with van der Waals surface area (Å²) in [7, 11) is -1.84. The first-order valence-electron chi connectivity index (χ1n) is 13.3. The van der Waals surface area contributed by atoms with Crippen molar-refractivity contribution in [2.45, 2.75) is 56.8 Å². The first-order valence-corrected chi connectivity index (χ1v) is 14.8. The lowest BCUT2D eigenvalue weighted by Crippen LogP contribution is -2.45. The molecule has 0 spiro atoms. The van der Waals surface area contributed by atoms with E-state index in [0.29, 0.717) is 23.4 Å². The zero-order chi connectivity index (χ0) is 26.3. The molecule has 198 valence electrons. The molecule has 3 aromatic rings. The van der Waals surface area contributed by atoms with E-state index < -0.39 is 15.8 Å². The van der Waals surface area contributed by atoms with Crippen molar-refractivity contribution in [3.8, 4) is 0 Å². The molecule has 2 heterocycles. The van der Waals surface area contributed by atoms with Crippen molar-refractivity contribution in [1.29, 1.82) is 0 Å². The maximum atomic E-state index is 13.3. The summed E-state index contributed by atoms with van der Waals surface area (Å²) in [5, 5.41) is 1.01. The fourth-order valence-electron chi connectivity index (χ4n) is 6.36. The molecule has 5 rings (SSSR count). The Bertz CT molecular complexity index is 1390. The number of benzene rings is 2. The molecule has 0 bridgehead atoms. The Morgan fingerprint density at radius 3 is 2.46 bits per heavy atom. The number of hydrogen-bond donors (Lipinski definition) is 1. The Balaban J connectivity index is 1.36. The molecule has 3 atom stereocenters. The second-order valence-corrected chi connectivity index (χ2v) is 12.7. The molecule has 37 heavy (non-hydrogen) atoms. The lowest BCUT2D eigenvalue weighted by molar-refractivity contribution is -0.138. The van der Waals surface area contributed by atoms with E-state index in [1.165, 1.54) is 43.4 Å². The van der Waals surface area contributed by atoms with Crippen LogP contribution in [0.4, 0.5) is 10.1 Å². The minimum atomic E-state index is -3.84. The molecule has 1 aromatic heterocycles. The highest BCUT2D eigenvalue weighted by Gasteiger charge is 2.35. The van der Waals surface area contributed by atoms with Gasteiger partial charge in [0.1, 0.15) is 5.82 Å². The summed E-state index contributed by atoms with van der Waals surface area (Å²) in [5.74, 6) is 1.00. The van der Waals surface area contributed by atoms with Crippen LogP contribution in [0, 0.1) is 23.6 Å². The molecule has 1 saturated heterocycles. The highest BCUT2D eigenvalue weighted by atomic mass is 32.2. The molecule has 0 radical (unpaired) electrons. The van der Waals surface area contributed by atoms with Crippen LogP contribution in [-0.2, 0) is 21.9 Å². The third kappa shape index (κ3) is 5.13. The lowest BCUT2D eigenvalue weighted by Gasteiger charge is -2.39. The molecule has 6 nitrogen and oxygen atoms in total. The lowest BCUT2D eigenvalue weighted by atomic mass is 9.80. The van der Waals surface area contributed by atoms with E-state index in [2.05, 4.69) is 34.2 Å². The molecule has 1 saturated carbocycles. The highest BCUT2D eigenvalue weighted by molar-refractivity contribution is 7.92. The maximum Gasteiger partial charge on any atom is 0.261 e. The van der Waals surface area contributed by atoms with Crippen LogP contribution >= 0.6 is 0 Å². The van der Waals surface area contributed by atoms with Crippen molar-refractivity contribution in [2.24, 2.45) is 24.8 Å². The van der Waals surface area contributed by atoms with Crippen LogP contribution in [0.25, 0.3) is 10.9 Å². The predicted molar refractivity (Wildman–Crippen MR) is 144 cm³/mol. The van der Waals surface area contributed by atoms with Crippen molar-refractivity contribution < 1.29 is 17.6 Å². The Kier molecular flexibility index (Phi) is 7.05. The van der Waals surface area contributed by atoms with Crippen molar-refractivity contribution in [2.75, 3.05) is 17.8 Å². The monoisotopic (exact) mass is 525 g/mol. The second-order valence-electron chi connectivity index (χ2n) is 11.0. The van der Waals surface area contributed by atoms with Crippen molar-refractivity contribution >= 4 is 32.5 Å². The van der Waals surface area contributed by atoms with E-state index in [0.717, 1.165) is 42.5 Å². The van der Waals surface area contributed by atoms with Crippen molar-refractivity contribution in [1.82, 2.24) is 9.47 Å². The molecular formula is C29H36FN3O3S. The highest BCUT2D eigenvalue weighted by Crippen LogP contribution is 2.40. The van der Waals surface area contributed by atoms with Crippen molar-refractivity contribution in [3.63, 3.8) is 0 Å². The number of halogens is 1. The minimum absolute atomic E-state index is 0.0137. The number of aromatic nitrogens is 1. The molecule has 1 aliphatic carbocycles. The van der Waals surface area contributed by atoms with Crippen LogP contribution in [0.2, 0.25) is 0 Å². The number of hydrogen-bond acceptors (Lipinski definition) is 3. The number of amides is 1. The van der Waals surface area contributed by atoms with Gasteiger partial charge in [0.25, 0.3) is 10.0 Å². The van der Waals surface area contributed by atoms with Gasteiger partial charge >= 0.3 is 0 Å². The molecule has 0 unspecified atom stereocenters. The number of anilines is 1. The maximum absolute atomic E-state index is 13.3. The molecule has 2 fully saturated rings. The van der Waals surface area contributed by atoms with E-state index >= 15 is 0 Å². The first-order chi connectivity index (χ1) is 17.6. The molecule has 1 amide bonds. The molecule has 1 N–H and O–H groups in total. The number of likely N-dealkylation sites (tertiary alicyclic amines) is 1. The average molecular weight is 526 g/mol. The van der Waals surface area contributed by atoms with Gasteiger partial charge in [-0.3, -0.25) is 9.52 Å². The number of carbonyl (C=O) groups excluding carboxylic acids is 1. The normalized spacial score (nSPS) is 21.9. The topological polar surface area (TPSA) is 71.4 Å². The van der Waals surface area contributed by atoms with Gasteiger partial charge in [0.15, 0.2) is 0 Å². The fourth-order valence-corrected chi connectivity index (χ4v) is 7.41. The molecule has 1 aliphatic heterocycles. The summed E-state index contributed by atoms with van der Waals surface area (Å²) in [6.07, 6.45) is 7.84. The minimum Gasteiger partial charge on any atom is -0.350 e. The van der Waals surface area contributed by atoms with Gasteiger partial charge in [-0.2, -0.15) is 0 Å². The molecule has 2 aliphatic rings. The van der Waals surface area contributed by atoms with Gasteiger partial charge in [-0.1, -0.05) is 26.7 Å². The van der Waals surface area contributed by atoms with Gasteiger partial charge in [0.2, 0.25) is 5.91 Å². The standard InChI is InChI=1S/C29H36FN3O3S/c1-19-17-33(29(34)20(2)21-6-4-5-7-21)15-14-25(19)27-18-32(3)28-13-10-23(16-26(27)28)31-37(35,36)24-11-8-22(30)9-12-24/h8-13,16,18-21,25,31H,4-7,14-15,17H2,1-3H3/t19-,20+,25+/m0/s1. The van der Waals surface area contributed by atoms with E-state index in [9.17, 15) is 17.6 Å². The Morgan fingerprint density at radius 1 is 1.08 bits per heavy atom. The smallest absolute Gasteiger partial charge is 0.261 e. The third-order valence-corrected chi connectivity index (χ3v) is 9.91. The summed E-state index contributed by atoms with van der Waals surface area (Å²) in [4.78, 5) is 15.3. The number of rotatable bonds is 6. The molecule has 2 aromatic carbocycles. The van der Waals surface area contributed by atoms with Gasteiger partial charge in [-0.05, 0) is 85.0 Å². The van der Waals surface area contributed by atoms with E-state index in [1.54, 1.807) is 6.07 Å². The Labute approximate surface area is 218 Å². The Morgan fingerprint density at radius 2 is 1.78 bits per heavy atom. The van der Waals surface area contributed by atoms with Gasteiger partial charge < -0.3 is 9.47 Å². The fraction of sp³-hybridized carbons (Fsp3) is 0.483. The zero-order valence-electron chi connectivity index (χ0n) is 21.8. The van der Waals surface area contributed by atoms with Crippen LogP contribution in [0.1, 0.15) is 57.4 Å². The SMILES string of the molecule is C[C@@H](C(=O)N1CC[C@@H](c2cn(C)c3ccc(NS(=O)(=O)c4ccc(F)cc4)cc23)[C@@H](C)C1)C1CCCC1. The average Bonchev–Trinajstić information content (AvgIpc) is 3.52. The van der Waals surface area contributed by atoms with Gasteiger partial charge in [0.05, 0.1) is 4.90 Å². The number of piperidine rings is 1. The van der Waals surface area contributed by atoms with Gasteiger partial charge in [-0.15, -0.1) is 0 Å². The number of aryl methyl sites for hydroxylation is 1. The van der Waals surface area contributed by atoms with Crippen LogP contribution in [0.15, 0.2) is 53.6 Å². The van der Waals surface area contributed by atoms with Crippen LogP contribution in [-0.4, -0.2) is 36.9 Å². The summed E-state index contributed by atoms with van der Waals surface area (Å²) in [6, 6.07) is 10.4. The summed E-state index contributed by atoms with van der Waals surface area (Å²) < 4.78 is 43.7. The van der Waals surface area contributed by atoms with Crippen molar-refractivity contribution in [3.05, 3.63) is 60.0 Å². The quantitative estimate of drug-likeness (QED) is 0.436. The zero-order valence-corrected chi connectivity index (χ0v) is 22.6. The van der Waals surface area contributed by atoms with E-state index in [4.69, 9.17) is 0 Å². The van der Waals surface area contributed by atoms with E-state index in [-0.39, 0.29) is 16.7 Å². The summed E-state index contributed by atoms with van der Waals surface area (Å²) >= 11 is 0. The summed E-state index contributed by atoms with van der Waals surface area (Å²) in [5.41, 5.74) is 2.68. The third-order valence-electron chi connectivity index (χ3n) is 8.51. The number of sulfonamides is 1. The van der Waals surface area contributed by atoms with Gasteiger partial charge in [0, 0.05) is 48.8 Å². The largest absolute Gasteiger partial charge is 0.350 e. The van der Waals surface area contributed by atoms with Gasteiger partial charge in [-0.25, -0.2) is 12.8 Å². The second kappa shape index (κ2) is 10.1. The number of carbonyl (C=O) groups is 1. The number of nitrogens with zero attached hydrogens (tertiary/aromatic N) is 2.